The van der Waals surface area contributed by atoms with E-state index >= 15 is 0 Å². The Morgan fingerprint density at radius 1 is 1.30 bits per heavy atom. The van der Waals surface area contributed by atoms with Gasteiger partial charge >= 0.3 is 12.1 Å². The van der Waals surface area contributed by atoms with Gasteiger partial charge in [0.15, 0.2) is 22.4 Å². The average Bonchev–Trinajstić information content (AvgIpc) is 3.40. The van der Waals surface area contributed by atoms with E-state index in [4.69, 9.17) is 21.4 Å². The number of halogens is 4. The zero-order chi connectivity index (χ0) is 24.5. The third-order valence-corrected chi connectivity index (χ3v) is 5.34. The minimum absolute atomic E-state index is 0.0266. The Balaban J connectivity index is 0.000000383. The monoisotopic (exact) mass is 488 g/mol. The number of carbonyl (C=O) groups is 2. The van der Waals surface area contributed by atoms with Crippen molar-refractivity contribution in [3.8, 4) is 5.13 Å². The van der Waals surface area contributed by atoms with E-state index in [2.05, 4.69) is 9.97 Å². The van der Waals surface area contributed by atoms with Gasteiger partial charge in [0.05, 0.1) is 5.39 Å². The zero-order valence-electron chi connectivity index (χ0n) is 16.5. The van der Waals surface area contributed by atoms with Gasteiger partial charge < -0.3 is 21.5 Å². The van der Waals surface area contributed by atoms with Crippen molar-refractivity contribution >= 4 is 40.1 Å². The fraction of sp³-hybridized carbons (Fsp3) is 0.278. The van der Waals surface area contributed by atoms with Gasteiger partial charge in [0.25, 0.3) is 5.91 Å². The van der Waals surface area contributed by atoms with Crippen LogP contribution in [0.2, 0.25) is 0 Å². The van der Waals surface area contributed by atoms with Crippen LogP contribution >= 0.6 is 11.3 Å². The molecule has 0 saturated carbocycles. The number of pyridine rings is 2. The van der Waals surface area contributed by atoms with E-state index in [0.29, 0.717) is 18.2 Å². The summed E-state index contributed by atoms with van der Waals surface area (Å²) in [5.74, 6) is -4.16. The summed E-state index contributed by atoms with van der Waals surface area (Å²) < 4.78 is 47.9. The largest absolute Gasteiger partial charge is 0.490 e. The molecule has 1 atom stereocenters. The van der Waals surface area contributed by atoms with E-state index in [-0.39, 0.29) is 28.5 Å². The van der Waals surface area contributed by atoms with Gasteiger partial charge in [0.1, 0.15) is 5.56 Å². The molecule has 33 heavy (non-hydrogen) atoms. The van der Waals surface area contributed by atoms with Crippen LogP contribution in [0, 0.1) is 5.82 Å². The minimum Gasteiger partial charge on any atom is -0.475 e. The second-order valence-corrected chi connectivity index (χ2v) is 7.76. The van der Waals surface area contributed by atoms with Crippen molar-refractivity contribution in [3.63, 3.8) is 0 Å². The molecule has 3 aromatic heterocycles. The van der Waals surface area contributed by atoms with Crippen LogP contribution in [0.25, 0.3) is 16.2 Å². The summed E-state index contributed by atoms with van der Waals surface area (Å²) in [6, 6.07) is 1.05. The van der Waals surface area contributed by atoms with Crippen molar-refractivity contribution in [2.75, 3.05) is 18.0 Å². The number of hydrogen-bond donors (Lipinski definition) is 3. The van der Waals surface area contributed by atoms with Crippen LogP contribution in [0.15, 0.2) is 28.6 Å². The molecule has 1 unspecified atom stereocenters. The Bertz CT molecular complexity index is 1260. The molecule has 0 radical (unpaired) electrons. The van der Waals surface area contributed by atoms with Gasteiger partial charge in [-0.05, 0) is 12.5 Å². The van der Waals surface area contributed by atoms with E-state index in [1.807, 2.05) is 0 Å². The molecule has 0 aromatic carbocycles. The van der Waals surface area contributed by atoms with Crippen molar-refractivity contribution in [3.05, 3.63) is 45.4 Å². The summed E-state index contributed by atoms with van der Waals surface area (Å²) in [6.45, 7) is 1.06. The highest BCUT2D eigenvalue weighted by Gasteiger charge is 2.38. The molecule has 0 spiro atoms. The molecular weight excluding hydrogens is 472 g/mol. The predicted octanol–water partition coefficient (Wildman–Crippen LogP) is 1.25. The first-order chi connectivity index (χ1) is 15.4. The number of carboxylic acids is 1. The van der Waals surface area contributed by atoms with Gasteiger partial charge in [0.2, 0.25) is 5.43 Å². The molecule has 3 aromatic rings. The third kappa shape index (κ3) is 5.09. The summed E-state index contributed by atoms with van der Waals surface area (Å²) >= 11 is 1.29. The number of rotatable bonds is 3. The van der Waals surface area contributed by atoms with Crippen LogP contribution in [0.1, 0.15) is 16.8 Å². The lowest BCUT2D eigenvalue weighted by molar-refractivity contribution is -0.192. The highest BCUT2D eigenvalue weighted by atomic mass is 32.1. The molecule has 0 aliphatic carbocycles. The SMILES string of the molecule is NC(=O)c1cn(-c2nccs2)c2nc(N3CCC(N)C3)c(F)cc2c1=O.O=C(O)C(F)(F)F. The van der Waals surface area contributed by atoms with E-state index < -0.39 is 29.3 Å². The Hall–Kier alpha value is -3.59. The molecule has 5 N–H and O–H groups in total. The second-order valence-electron chi connectivity index (χ2n) is 6.88. The van der Waals surface area contributed by atoms with Crippen molar-refractivity contribution in [1.82, 2.24) is 14.5 Å². The number of primary amides is 1. The summed E-state index contributed by atoms with van der Waals surface area (Å²) in [4.78, 5) is 43.4. The number of aliphatic carboxylic acids is 1. The van der Waals surface area contributed by atoms with E-state index in [0.717, 1.165) is 12.5 Å². The summed E-state index contributed by atoms with van der Waals surface area (Å²) in [5, 5.41) is 9.33. The van der Waals surface area contributed by atoms with E-state index in [9.17, 15) is 27.2 Å². The smallest absolute Gasteiger partial charge is 0.475 e. The van der Waals surface area contributed by atoms with Gasteiger partial charge in [-0.1, -0.05) is 0 Å². The van der Waals surface area contributed by atoms with Crippen LogP contribution in [-0.4, -0.2) is 56.8 Å². The lowest BCUT2D eigenvalue weighted by Gasteiger charge is -2.19. The minimum atomic E-state index is -5.08. The van der Waals surface area contributed by atoms with Crippen molar-refractivity contribution in [2.24, 2.45) is 11.5 Å². The fourth-order valence-electron chi connectivity index (χ4n) is 3.07. The number of hydrogen-bond acceptors (Lipinski definition) is 8. The first-order valence-electron chi connectivity index (χ1n) is 9.16. The van der Waals surface area contributed by atoms with Gasteiger partial charge in [-0.3, -0.25) is 14.2 Å². The average molecular weight is 488 g/mol. The number of alkyl halides is 3. The number of fused-ring (bicyclic) bond motifs is 1. The van der Waals surface area contributed by atoms with Gasteiger partial charge in [-0.2, -0.15) is 13.2 Å². The topological polar surface area (TPSA) is 157 Å². The molecular formula is C18H16F4N6O4S. The fourth-order valence-corrected chi connectivity index (χ4v) is 3.69. The lowest BCUT2D eigenvalue weighted by atomic mass is 10.2. The molecule has 176 valence electrons. The maximum absolute atomic E-state index is 14.7. The van der Waals surface area contributed by atoms with Crippen molar-refractivity contribution in [1.29, 1.82) is 0 Å². The summed E-state index contributed by atoms with van der Waals surface area (Å²) in [5.41, 5.74) is 10.5. The van der Waals surface area contributed by atoms with Gasteiger partial charge in [0, 0.05) is 36.9 Å². The molecule has 1 fully saturated rings. The standard InChI is InChI=1S/C16H15FN6O2S.C2HF3O2/c17-11-5-9-12(24)10(13(19)25)7-23(16-20-2-4-26-16)14(9)21-15(11)22-3-1-8(18)6-22;3-2(4,5)1(6)7/h2,4-5,7-8H,1,3,6,18H2,(H2,19,25);(H,6,7). The van der Waals surface area contributed by atoms with Crippen LogP contribution < -0.4 is 21.8 Å². The Morgan fingerprint density at radius 3 is 2.45 bits per heavy atom. The predicted molar refractivity (Wildman–Crippen MR) is 110 cm³/mol. The highest BCUT2D eigenvalue weighted by molar-refractivity contribution is 7.12. The van der Waals surface area contributed by atoms with Gasteiger partial charge in [-0.15, -0.1) is 11.3 Å². The maximum Gasteiger partial charge on any atom is 0.490 e. The van der Waals surface area contributed by atoms with Gasteiger partial charge in [-0.25, -0.2) is 19.2 Å². The number of aromatic nitrogens is 3. The number of nitrogens with two attached hydrogens (primary N) is 2. The maximum atomic E-state index is 14.7. The van der Waals surface area contributed by atoms with E-state index in [1.54, 1.807) is 16.5 Å². The number of thiazole rings is 1. The summed E-state index contributed by atoms with van der Waals surface area (Å²) in [7, 11) is 0. The number of carbonyl (C=O) groups excluding carboxylic acids is 1. The van der Waals surface area contributed by atoms with E-state index in [1.165, 1.54) is 22.1 Å². The van der Waals surface area contributed by atoms with Crippen molar-refractivity contribution in [2.45, 2.75) is 18.6 Å². The molecule has 1 aliphatic heterocycles. The molecule has 1 amide bonds. The quantitative estimate of drug-likeness (QED) is 0.465. The molecule has 1 aliphatic rings. The Morgan fingerprint density at radius 2 is 1.97 bits per heavy atom. The number of nitrogens with zero attached hydrogens (tertiary/aromatic N) is 4. The van der Waals surface area contributed by atoms with Crippen LogP contribution in [0.5, 0.6) is 0 Å². The van der Waals surface area contributed by atoms with Crippen LogP contribution in [0.3, 0.4) is 0 Å². The van der Waals surface area contributed by atoms with Crippen molar-refractivity contribution < 1.29 is 32.3 Å². The molecule has 15 heteroatoms. The first kappa shape index (κ1) is 24.1. The second kappa shape index (κ2) is 9.11. The van der Waals surface area contributed by atoms with Crippen LogP contribution in [-0.2, 0) is 4.79 Å². The molecule has 4 rings (SSSR count). The third-order valence-electron chi connectivity index (χ3n) is 4.57. The highest BCUT2D eigenvalue weighted by Crippen LogP contribution is 2.26. The molecule has 1 saturated heterocycles. The summed E-state index contributed by atoms with van der Waals surface area (Å²) in [6.07, 6.45) is -1.47. The molecule has 4 heterocycles. The zero-order valence-corrected chi connectivity index (χ0v) is 17.4. The number of carboxylic acid groups (broad SMARTS) is 1. The van der Waals surface area contributed by atoms with Crippen LogP contribution in [0.4, 0.5) is 23.4 Å². The number of anilines is 1. The normalized spacial score (nSPS) is 15.9. The Labute approximate surface area is 186 Å². The molecule has 0 bridgehead atoms. The number of amides is 1. The Kier molecular flexibility index (Phi) is 6.64. The molecule has 10 nitrogen and oxygen atoms in total. The lowest BCUT2D eigenvalue weighted by Crippen LogP contribution is -2.28. The first-order valence-corrected chi connectivity index (χ1v) is 10.0.